The molecule has 0 amide bonds. The second-order valence-corrected chi connectivity index (χ2v) is 3.76. The van der Waals surface area contributed by atoms with E-state index in [-0.39, 0.29) is 5.69 Å². The van der Waals surface area contributed by atoms with Gasteiger partial charge in [0.15, 0.2) is 5.69 Å². The van der Waals surface area contributed by atoms with Gasteiger partial charge < -0.3 is 15.7 Å². The van der Waals surface area contributed by atoms with Crippen molar-refractivity contribution >= 4 is 11.8 Å². The molecular weight excluding hydrogens is 208 g/mol. The number of hydrogen-bond donors (Lipinski definition) is 3. The molecule has 0 aromatic carbocycles. The Balaban J connectivity index is 2.02. The molecule has 0 saturated carbocycles. The quantitative estimate of drug-likeness (QED) is 0.683. The monoisotopic (exact) mass is 222 g/mol. The number of carboxylic acids is 1. The third-order valence-electron chi connectivity index (χ3n) is 2.54. The average molecular weight is 222 g/mol. The Morgan fingerprint density at radius 2 is 2.19 bits per heavy atom. The van der Waals surface area contributed by atoms with Gasteiger partial charge in [-0.05, 0) is 25.9 Å². The minimum Gasteiger partial charge on any atom is -0.476 e. The molecule has 1 aromatic rings. The minimum absolute atomic E-state index is 0.0288. The lowest BCUT2D eigenvalue weighted by Crippen LogP contribution is -2.35. The van der Waals surface area contributed by atoms with Crippen molar-refractivity contribution in [3.8, 4) is 0 Å². The number of aromatic nitrogens is 2. The number of nitrogens with one attached hydrogen (secondary N) is 2. The fourth-order valence-corrected chi connectivity index (χ4v) is 1.71. The number of piperidine rings is 1. The van der Waals surface area contributed by atoms with E-state index in [1.54, 1.807) is 6.20 Å². The number of carbonyl (C=O) groups is 1. The van der Waals surface area contributed by atoms with E-state index in [0.29, 0.717) is 11.9 Å². The molecule has 6 nitrogen and oxygen atoms in total. The summed E-state index contributed by atoms with van der Waals surface area (Å²) in [4.78, 5) is 18.5. The van der Waals surface area contributed by atoms with Gasteiger partial charge in [-0.15, -0.1) is 0 Å². The van der Waals surface area contributed by atoms with Crippen LogP contribution in [-0.2, 0) is 0 Å². The van der Waals surface area contributed by atoms with E-state index < -0.39 is 5.97 Å². The van der Waals surface area contributed by atoms with Gasteiger partial charge in [-0.1, -0.05) is 0 Å². The van der Waals surface area contributed by atoms with Crippen LogP contribution in [-0.4, -0.2) is 40.2 Å². The molecule has 0 spiro atoms. The molecule has 0 unspecified atom stereocenters. The second kappa shape index (κ2) is 4.89. The molecule has 0 aliphatic carbocycles. The van der Waals surface area contributed by atoms with E-state index in [1.165, 1.54) is 6.20 Å². The van der Waals surface area contributed by atoms with E-state index in [2.05, 4.69) is 20.6 Å². The Labute approximate surface area is 93.1 Å². The first kappa shape index (κ1) is 10.8. The van der Waals surface area contributed by atoms with Crippen LogP contribution in [0.1, 0.15) is 23.3 Å². The maximum absolute atomic E-state index is 10.7. The first-order chi connectivity index (χ1) is 7.75. The summed E-state index contributed by atoms with van der Waals surface area (Å²) in [6.07, 6.45) is 4.82. The van der Waals surface area contributed by atoms with Gasteiger partial charge in [0.2, 0.25) is 0 Å². The molecule has 16 heavy (non-hydrogen) atoms. The van der Waals surface area contributed by atoms with E-state index in [4.69, 9.17) is 5.11 Å². The number of aromatic carboxylic acids is 1. The maximum atomic E-state index is 10.7. The first-order valence-electron chi connectivity index (χ1n) is 5.28. The average Bonchev–Trinajstić information content (AvgIpc) is 2.30. The molecule has 1 aliphatic rings. The SMILES string of the molecule is O=C(O)c1cncc(NC2CCNCC2)n1. The molecule has 86 valence electrons. The van der Waals surface area contributed by atoms with Gasteiger partial charge >= 0.3 is 5.97 Å². The van der Waals surface area contributed by atoms with Crippen LogP contribution in [0.25, 0.3) is 0 Å². The van der Waals surface area contributed by atoms with E-state index in [0.717, 1.165) is 25.9 Å². The molecule has 1 saturated heterocycles. The van der Waals surface area contributed by atoms with Crippen LogP contribution >= 0.6 is 0 Å². The Bertz CT molecular complexity index is 377. The van der Waals surface area contributed by atoms with Crippen LogP contribution in [0.4, 0.5) is 5.82 Å². The van der Waals surface area contributed by atoms with Gasteiger partial charge in [0.1, 0.15) is 5.82 Å². The van der Waals surface area contributed by atoms with Crippen LogP contribution in [0, 0.1) is 0 Å². The van der Waals surface area contributed by atoms with Crippen molar-refractivity contribution in [3.63, 3.8) is 0 Å². The molecule has 0 atom stereocenters. The fraction of sp³-hybridized carbons (Fsp3) is 0.500. The van der Waals surface area contributed by atoms with Gasteiger partial charge in [-0.2, -0.15) is 0 Å². The van der Waals surface area contributed by atoms with Gasteiger partial charge in [-0.3, -0.25) is 4.98 Å². The summed E-state index contributed by atoms with van der Waals surface area (Å²) in [5.41, 5.74) is -0.0288. The Morgan fingerprint density at radius 3 is 2.88 bits per heavy atom. The smallest absolute Gasteiger partial charge is 0.356 e. The molecule has 6 heteroatoms. The standard InChI is InChI=1S/C10H14N4O2/c15-10(16)8-5-12-6-9(14-8)13-7-1-3-11-4-2-7/h5-7,11H,1-4H2,(H,13,14)(H,15,16). The summed E-state index contributed by atoms with van der Waals surface area (Å²) in [6, 6.07) is 0.347. The predicted molar refractivity (Wildman–Crippen MR) is 58.5 cm³/mol. The molecule has 3 N–H and O–H groups in total. The summed E-state index contributed by atoms with van der Waals surface area (Å²) in [6.45, 7) is 1.95. The minimum atomic E-state index is -1.05. The van der Waals surface area contributed by atoms with Gasteiger partial charge in [0.05, 0.1) is 12.4 Å². The fourth-order valence-electron chi connectivity index (χ4n) is 1.71. The number of nitrogens with zero attached hydrogens (tertiary/aromatic N) is 2. The van der Waals surface area contributed by atoms with Crippen LogP contribution in [0.3, 0.4) is 0 Å². The zero-order valence-corrected chi connectivity index (χ0v) is 8.81. The highest BCUT2D eigenvalue weighted by Crippen LogP contribution is 2.10. The Kier molecular flexibility index (Phi) is 3.31. The predicted octanol–water partition coefficient (Wildman–Crippen LogP) is 0.339. The number of rotatable bonds is 3. The molecular formula is C10H14N4O2. The highest BCUT2D eigenvalue weighted by atomic mass is 16.4. The lowest BCUT2D eigenvalue weighted by atomic mass is 10.1. The molecule has 2 heterocycles. The summed E-state index contributed by atoms with van der Waals surface area (Å²) in [5.74, 6) is -0.520. The third kappa shape index (κ3) is 2.66. The largest absolute Gasteiger partial charge is 0.476 e. The van der Waals surface area contributed by atoms with Crippen LogP contribution in [0.2, 0.25) is 0 Å². The van der Waals surface area contributed by atoms with E-state index in [9.17, 15) is 4.79 Å². The highest BCUT2D eigenvalue weighted by molar-refractivity contribution is 5.85. The Hall–Kier alpha value is -1.69. The molecule has 0 bridgehead atoms. The highest BCUT2D eigenvalue weighted by Gasteiger charge is 2.14. The summed E-state index contributed by atoms with van der Waals surface area (Å²) < 4.78 is 0. The van der Waals surface area contributed by atoms with Crippen LogP contribution in [0.15, 0.2) is 12.4 Å². The topological polar surface area (TPSA) is 87.1 Å². The van der Waals surface area contributed by atoms with Crippen molar-refractivity contribution in [1.82, 2.24) is 15.3 Å². The van der Waals surface area contributed by atoms with Crippen molar-refractivity contribution in [2.24, 2.45) is 0 Å². The molecule has 0 radical (unpaired) electrons. The number of anilines is 1. The number of hydrogen-bond acceptors (Lipinski definition) is 5. The zero-order valence-electron chi connectivity index (χ0n) is 8.81. The molecule has 1 aliphatic heterocycles. The normalized spacial score (nSPS) is 17.0. The Morgan fingerprint density at radius 1 is 1.44 bits per heavy atom. The van der Waals surface area contributed by atoms with Crippen molar-refractivity contribution in [2.45, 2.75) is 18.9 Å². The molecule has 2 rings (SSSR count). The zero-order chi connectivity index (χ0) is 11.4. The van der Waals surface area contributed by atoms with E-state index in [1.807, 2.05) is 0 Å². The molecule has 1 aromatic heterocycles. The van der Waals surface area contributed by atoms with Gasteiger partial charge in [-0.25, -0.2) is 9.78 Å². The van der Waals surface area contributed by atoms with Gasteiger partial charge in [0.25, 0.3) is 0 Å². The van der Waals surface area contributed by atoms with Gasteiger partial charge in [0, 0.05) is 6.04 Å². The van der Waals surface area contributed by atoms with Crippen molar-refractivity contribution in [1.29, 1.82) is 0 Å². The third-order valence-corrected chi connectivity index (χ3v) is 2.54. The lowest BCUT2D eigenvalue weighted by Gasteiger charge is -2.23. The molecule has 1 fully saturated rings. The van der Waals surface area contributed by atoms with Crippen molar-refractivity contribution in [2.75, 3.05) is 18.4 Å². The van der Waals surface area contributed by atoms with Crippen molar-refractivity contribution < 1.29 is 9.90 Å². The first-order valence-corrected chi connectivity index (χ1v) is 5.28. The lowest BCUT2D eigenvalue weighted by molar-refractivity contribution is 0.0690. The summed E-state index contributed by atoms with van der Waals surface area (Å²) in [7, 11) is 0. The summed E-state index contributed by atoms with van der Waals surface area (Å²) in [5, 5.41) is 15.2. The number of carboxylic acid groups (broad SMARTS) is 1. The second-order valence-electron chi connectivity index (χ2n) is 3.76. The maximum Gasteiger partial charge on any atom is 0.356 e. The van der Waals surface area contributed by atoms with Crippen molar-refractivity contribution in [3.05, 3.63) is 18.1 Å². The van der Waals surface area contributed by atoms with Crippen LogP contribution < -0.4 is 10.6 Å². The summed E-state index contributed by atoms with van der Waals surface area (Å²) >= 11 is 0. The van der Waals surface area contributed by atoms with E-state index >= 15 is 0 Å². The van der Waals surface area contributed by atoms with Crippen LogP contribution in [0.5, 0.6) is 0 Å².